The number of benzene rings is 3. The smallest absolute Gasteiger partial charge is 0.335 e. The number of nitrogens with zero attached hydrogens (tertiary/aromatic N) is 3. The van der Waals surface area contributed by atoms with Crippen LogP contribution in [0.25, 0.3) is 22.6 Å². The number of aromatic nitrogens is 2. The van der Waals surface area contributed by atoms with Crippen molar-refractivity contribution >= 4 is 5.97 Å². The summed E-state index contributed by atoms with van der Waals surface area (Å²) in [6.45, 7) is 5.79. The van der Waals surface area contributed by atoms with Gasteiger partial charge in [0.15, 0.2) is 0 Å². The van der Waals surface area contributed by atoms with E-state index < -0.39 is 5.97 Å². The maximum absolute atomic E-state index is 11.4. The minimum Gasteiger partial charge on any atom is -0.478 e. The van der Waals surface area contributed by atoms with E-state index in [0.717, 1.165) is 67.2 Å². The molecule has 1 heterocycles. The van der Waals surface area contributed by atoms with Crippen LogP contribution >= 0.6 is 0 Å². The van der Waals surface area contributed by atoms with Crippen LogP contribution in [0.4, 0.5) is 0 Å². The molecule has 3 aromatic carbocycles. The maximum atomic E-state index is 11.4. The number of carbonyl (C=O) groups is 1. The third-order valence-corrected chi connectivity index (χ3v) is 8.11. The van der Waals surface area contributed by atoms with E-state index in [1.165, 1.54) is 37.8 Å². The molecule has 208 valence electrons. The third kappa shape index (κ3) is 6.89. The Morgan fingerprint density at radius 1 is 0.875 bits per heavy atom. The SMILES string of the molecule is CCCCn1c(-c2ccccc2)nc(-c2ccccc2)c1CN(Cc1ccc(C(=O)O)cc1)CC1CCCCC1. The lowest BCUT2D eigenvalue weighted by atomic mass is 9.89. The second-order valence-corrected chi connectivity index (χ2v) is 11.1. The Labute approximate surface area is 238 Å². The molecule has 5 heteroatoms. The fraction of sp³-hybridized carbons (Fsp3) is 0.371. The average molecular weight is 536 g/mol. The highest BCUT2D eigenvalue weighted by Crippen LogP contribution is 2.32. The van der Waals surface area contributed by atoms with E-state index in [1.807, 2.05) is 12.1 Å². The summed E-state index contributed by atoms with van der Waals surface area (Å²) in [7, 11) is 0. The molecule has 0 atom stereocenters. The molecule has 0 bridgehead atoms. The number of hydrogen-bond donors (Lipinski definition) is 1. The molecule has 0 unspecified atom stereocenters. The van der Waals surface area contributed by atoms with Gasteiger partial charge in [-0.25, -0.2) is 9.78 Å². The van der Waals surface area contributed by atoms with Crippen molar-refractivity contribution in [1.29, 1.82) is 0 Å². The molecule has 40 heavy (non-hydrogen) atoms. The van der Waals surface area contributed by atoms with Crippen molar-refractivity contribution in [2.45, 2.75) is 71.5 Å². The average Bonchev–Trinajstić information content (AvgIpc) is 3.35. The highest BCUT2D eigenvalue weighted by molar-refractivity contribution is 5.87. The predicted octanol–water partition coefficient (Wildman–Crippen LogP) is 8.30. The summed E-state index contributed by atoms with van der Waals surface area (Å²) in [6.07, 6.45) is 8.75. The fourth-order valence-electron chi connectivity index (χ4n) is 5.98. The molecule has 4 aromatic rings. The highest BCUT2D eigenvalue weighted by Gasteiger charge is 2.24. The first kappa shape index (κ1) is 27.9. The Morgan fingerprint density at radius 3 is 2.15 bits per heavy atom. The Hall–Kier alpha value is -3.70. The number of aromatic carboxylic acids is 1. The zero-order chi connectivity index (χ0) is 27.7. The lowest BCUT2D eigenvalue weighted by Gasteiger charge is -2.30. The van der Waals surface area contributed by atoms with Gasteiger partial charge in [-0.15, -0.1) is 0 Å². The number of carboxylic acids is 1. The van der Waals surface area contributed by atoms with Crippen LogP contribution in [0.2, 0.25) is 0 Å². The van der Waals surface area contributed by atoms with Gasteiger partial charge < -0.3 is 9.67 Å². The van der Waals surface area contributed by atoms with E-state index in [0.29, 0.717) is 11.5 Å². The van der Waals surface area contributed by atoms with Crippen LogP contribution in [0, 0.1) is 5.92 Å². The van der Waals surface area contributed by atoms with Gasteiger partial charge in [-0.05, 0) is 42.9 Å². The molecule has 1 saturated carbocycles. The summed E-state index contributed by atoms with van der Waals surface area (Å²) in [6, 6.07) is 28.5. The van der Waals surface area contributed by atoms with Gasteiger partial charge in [-0.3, -0.25) is 4.90 Å². The van der Waals surface area contributed by atoms with Gasteiger partial charge in [0.05, 0.1) is 17.0 Å². The van der Waals surface area contributed by atoms with Crippen LogP contribution in [0.15, 0.2) is 84.9 Å². The Bertz CT molecular complexity index is 1360. The van der Waals surface area contributed by atoms with Crippen molar-refractivity contribution in [3.63, 3.8) is 0 Å². The predicted molar refractivity (Wildman–Crippen MR) is 162 cm³/mol. The second-order valence-electron chi connectivity index (χ2n) is 11.1. The first-order chi connectivity index (χ1) is 19.6. The van der Waals surface area contributed by atoms with Gasteiger partial charge in [0.25, 0.3) is 0 Å². The maximum Gasteiger partial charge on any atom is 0.335 e. The van der Waals surface area contributed by atoms with Crippen LogP contribution in [-0.4, -0.2) is 32.1 Å². The molecule has 0 aliphatic heterocycles. The monoisotopic (exact) mass is 535 g/mol. The zero-order valence-corrected chi connectivity index (χ0v) is 23.6. The molecule has 0 saturated heterocycles. The lowest BCUT2D eigenvalue weighted by molar-refractivity contribution is 0.0697. The summed E-state index contributed by atoms with van der Waals surface area (Å²) in [5.41, 5.74) is 6.09. The van der Waals surface area contributed by atoms with Crippen molar-refractivity contribution in [3.8, 4) is 22.6 Å². The molecule has 0 amide bonds. The van der Waals surface area contributed by atoms with Gasteiger partial charge in [0, 0.05) is 37.3 Å². The first-order valence-electron chi connectivity index (χ1n) is 14.9. The van der Waals surface area contributed by atoms with E-state index in [4.69, 9.17) is 4.98 Å². The minimum absolute atomic E-state index is 0.332. The molecular formula is C35H41N3O2. The molecule has 0 spiro atoms. The van der Waals surface area contributed by atoms with Crippen molar-refractivity contribution in [1.82, 2.24) is 14.5 Å². The molecule has 1 aromatic heterocycles. The Kier molecular flexibility index (Phi) is 9.46. The quantitative estimate of drug-likeness (QED) is 0.198. The molecule has 1 aliphatic carbocycles. The van der Waals surface area contributed by atoms with Crippen molar-refractivity contribution in [3.05, 3.63) is 102 Å². The highest BCUT2D eigenvalue weighted by atomic mass is 16.4. The summed E-state index contributed by atoms with van der Waals surface area (Å²) in [4.78, 5) is 19.3. The number of carboxylic acid groups (broad SMARTS) is 1. The van der Waals surface area contributed by atoms with E-state index in [1.54, 1.807) is 12.1 Å². The third-order valence-electron chi connectivity index (χ3n) is 8.11. The van der Waals surface area contributed by atoms with Crippen molar-refractivity contribution < 1.29 is 9.90 Å². The van der Waals surface area contributed by atoms with Gasteiger partial charge in [-0.2, -0.15) is 0 Å². The number of imidazole rings is 1. The van der Waals surface area contributed by atoms with E-state index in [2.05, 4.69) is 77.1 Å². The van der Waals surface area contributed by atoms with E-state index in [-0.39, 0.29) is 0 Å². The minimum atomic E-state index is -0.883. The van der Waals surface area contributed by atoms with E-state index >= 15 is 0 Å². The molecule has 1 aliphatic rings. The normalized spacial score (nSPS) is 14.1. The van der Waals surface area contributed by atoms with E-state index in [9.17, 15) is 9.90 Å². The standard InChI is InChI=1S/C35H41N3O2/c1-2-3-23-38-32(33(29-15-9-5-10-16-29)36-34(38)30-17-11-6-12-18-30)26-37(24-27-13-7-4-8-14-27)25-28-19-21-31(22-20-28)35(39)40/h5-6,9-12,15-22,27H,2-4,7-8,13-14,23-26H2,1H3,(H,39,40). The largest absolute Gasteiger partial charge is 0.478 e. The number of hydrogen-bond acceptors (Lipinski definition) is 3. The summed E-state index contributed by atoms with van der Waals surface area (Å²) in [5, 5.41) is 9.39. The molecular weight excluding hydrogens is 494 g/mol. The van der Waals surface area contributed by atoms with Gasteiger partial charge in [0.1, 0.15) is 5.82 Å². The van der Waals surface area contributed by atoms with Gasteiger partial charge >= 0.3 is 5.97 Å². The van der Waals surface area contributed by atoms with Crippen LogP contribution < -0.4 is 0 Å². The first-order valence-corrected chi connectivity index (χ1v) is 14.9. The molecule has 1 fully saturated rings. The van der Waals surface area contributed by atoms with Gasteiger partial charge in [0.2, 0.25) is 0 Å². The number of unbranched alkanes of at least 4 members (excludes halogenated alkanes) is 1. The number of rotatable bonds is 12. The van der Waals surface area contributed by atoms with Crippen LogP contribution in [0.5, 0.6) is 0 Å². The Morgan fingerprint density at radius 2 is 1.52 bits per heavy atom. The van der Waals surface area contributed by atoms with Gasteiger partial charge in [-0.1, -0.05) is 105 Å². The molecule has 1 N–H and O–H groups in total. The second kappa shape index (κ2) is 13.6. The molecule has 5 nitrogen and oxygen atoms in total. The lowest BCUT2D eigenvalue weighted by Crippen LogP contribution is -2.31. The van der Waals surface area contributed by atoms with Crippen LogP contribution in [-0.2, 0) is 19.6 Å². The van der Waals surface area contributed by atoms with Crippen LogP contribution in [0.1, 0.15) is 73.5 Å². The molecule has 0 radical (unpaired) electrons. The van der Waals surface area contributed by atoms with Crippen LogP contribution in [0.3, 0.4) is 0 Å². The topological polar surface area (TPSA) is 58.4 Å². The van der Waals surface area contributed by atoms with Crippen molar-refractivity contribution in [2.75, 3.05) is 6.54 Å². The summed E-state index contributed by atoms with van der Waals surface area (Å²) >= 11 is 0. The zero-order valence-electron chi connectivity index (χ0n) is 23.6. The Balaban J connectivity index is 1.55. The molecule has 5 rings (SSSR count). The fourth-order valence-corrected chi connectivity index (χ4v) is 5.98. The summed E-state index contributed by atoms with van der Waals surface area (Å²) in [5.74, 6) is 0.838. The van der Waals surface area contributed by atoms with Crippen molar-refractivity contribution in [2.24, 2.45) is 5.92 Å². The summed E-state index contributed by atoms with van der Waals surface area (Å²) < 4.78 is 2.46.